The SMILES string of the molecule is CC1CCN(C(=O)N(C)CCC(=O)O)C1CO. The highest BCUT2D eigenvalue weighted by molar-refractivity contribution is 5.76. The van der Waals surface area contributed by atoms with Crippen molar-refractivity contribution >= 4 is 12.0 Å². The summed E-state index contributed by atoms with van der Waals surface area (Å²) in [7, 11) is 1.59. The molecule has 2 unspecified atom stereocenters. The van der Waals surface area contributed by atoms with E-state index in [4.69, 9.17) is 5.11 Å². The van der Waals surface area contributed by atoms with Crippen LogP contribution < -0.4 is 0 Å². The van der Waals surface area contributed by atoms with Crippen LogP contribution in [-0.2, 0) is 4.79 Å². The van der Waals surface area contributed by atoms with Crippen LogP contribution >= 0.6 is 0 Å². The topological polar surface area (TPSA) is 81.1 Å². The monoisotopic (exact) mass is 244 g/mol. The summed E-state index contributed by atoms with van der Waals surface area (Å²) in [5.41, 5.74) is 0. The Morgan fingerprint density at radius 3 is 2.65 bits per heavy atom. The third-order valence-corrected chi connectivity index (χ3v) is 3.30. The van der Waals surface area contributed by atoms with Crippen LogP contribution in [0.3, 0.4) is 0 Å². The maximum Gasteiger partial charge on any atom is 0.320 e. The van der Waals surface area contributed by atoms with Crippen molar-refractivity contribution in [2.45, 2.75) is 25.8 Å². The number of urea groups is 1. The largest absolute Gasteiger partial charge is 0.481 e. The fraction of sp³-hybridized carbons (Fsp3) is 0.818. The maximum absolute atomic E-state index is 12.0. The molecule has 2 N–H and O–H groups in total. The first kappa shape index (κ1) is 13.8. The first-order valence-corrected chi connectivity index (χ1v) is 5.81. The highest BCUT2D eigenvalue weighted by Gasteiger charge is 2.35. The average Bonchev–Trinajstić information content (AvgIpc) is 2.66. The zero-order chi connectivity index (χ0) is 13.0. The zero-order valence-electron chi connectivity index (χ0n) is 10.3. The predicted octanol–water partition coefficient (Wildman–Crippen LogP) is 0.216. The van der Waals surface area contributed by atoms with Crippen LogP contribution in [-0.4, -0.2) is 64.8 Å². The number of carboxylic acid groups (broad SMARTS) is 1. The van der Waals surface area contributed by atoms with Crippen molar-refractivity contribution < 1.29 is 19.8 Å². The molecule has 0 aromatic carbocycles. The van der Waals surface area contributed by atoms with Crippen LogP contribution in [0, 0.1) is 5.92 Å². The van der Waals surface area contributed by atoms with E-state index in [0.29, 0.717) is 6.54 Å². The average molecular weight is 244 g/mol. The summed E-state index contributed by atoms with van der Waals surface area (Å²) < 4.78 is 0. The molecule has 2 amide bonds. The number of aliphatic hydroxyl groups is 1. The molecule has 0 bridgehead atoms. The number of hydrogen-bond acceptors (Lipinski definition) is 3. The molecule has 0 aromatic rings. The molecule has 1 rings (SSSR count). The van der Waals surface area contributed by atoms with Crippen molar-refractivity contribution in [1.82, 2.24) is 9.80 Å². The summed E-state index contributed by atoms with van der Waals surface area (Å²) in [5.74, 6) is -0.630. The second-order valence-corrected chi connectivity index (χ2v) is 4.56. The molecule has 0 aliphatic carbocycles. The van der Waals surface area contributed by atoms with Crippen LogP contribution in [0.25, 0.3) is 0 Å². The van der Waals surface area contributed by atoms with Gasteiger partial charge in [-0.25, -0.2) is 4.79 Å². The number of aliphatic hydroxyl groups excluding tert-OH is 1. The number of rotatable bonds is 4. The summed E-state index contributed by atoms with van der Waals surface area (Å²) in [5, 5.41) is 17.8. The molecular weight excluding hydrogens is 224 g/mol. The Balaban J connectivity index is 2.54. The minimum Gasteiger partial charge on any atom is -0.481 e. The van der Waals surface area contributed by atoms with E-state index in [2.05, 4.69) is 0 Å². The molecule has 6 nitrogen and oxygen atoms in total. The Hall–Kier alpha value is -1.30. The van der Waals surface area contributed by atoms with E-state index in [1.165, 1.54) is 4.90 Å². The van der Waals surface area contributed by atoms with Gasteiger partial charge in [0.1, 0.15) is 0 Å². The van der Waals surface area contributed by atoms with Crippen molar-refractivity contribution in [2.24, 2.45) is 5.92 Å². The van der Waals surface area contributed by atoms with Crippen molar-refractivity contribution in [2.75, 3.05) is 26.7 Å². The van der Waals surface area contributed by atoms with Crippen LogP contribution in [0.4, 0.5) is 4.79 Å². The van der Waals surface area contributed by atoms with Crippen molar-refractivity contribution in [3.8, 4) is 0 Å². The molecule has 98 valence electrons. The number of likely N-dealkylation sites (tertiary alicyclic amines) is 1. The standard InChI is InChI=1S/C11H20N2O4/c1-8-3-6-13(9(8)7-14)11(17)12(2)5-4-10(15)16/h8-9,14H,3-7H2,1-2H3,(H,15,16). The van der Waals surface area contributed by atoms with Gasteiger partial charge in [0.25, 0.3) is 0 Å². The molecule has 2 atom stereocenters. The van der Waals surface area contributed by atoms with Gasteiger partial charge < -0.3 is 20.0 Å². The molecule has 0 spiro atoms. The Bertz CT molecular complexity index is 295. The second kappa shape index (κ2) is 5.86. The number of aliphatic carboxylic acids is 1. The van der Waals surface area contributed by atoms with E-state index in [-0.39, 0.29) is 37.6 Å². The predicted molar refractivity (Wildman–Crippen MR) is 61.6 cm³/mol. The van der Waals surface area contributed by atoms with Crippen LogP contribution in [0.2, 0.25) is 0 Å². The number of nitrogens with zero attached hydrogens (tertiary/aromatic N) is 2. The van der Waals surface area contributed by atoms with Crippen molar-refractivity contribution in [3.05, 3.63) is 0 Å². The van der Waals surface area contributed by atoms with Gasteiger partial charge in [0.05, 0.1) is 19.1 Å². The van der Waals surface area contributed by atoms with E-state index in [1.54, 1.807) is 11.9 Å². The molecule has 1 saturated heterocycles. The molecule has 1 fully saturated rings. The van der Waals surface area contributed by atoms with Gasteiger partial charge in [-0.3, -0.25) is 4.79 Å². The van der Waals surface area contributed by atoms with Gasteiger partial charge in [-0.05, 0) is 12.3 Å². The van der Waals surface area contributed by atoms with Crippen LogP contribution in [0.1, 0.15) is 19.8 Å². The fourth-order valence-electron chi connectivity index (χ4n) is 2.10. The lowest BCUT2D eigenvalue weighted by molar-refractivity contribution is -0.137. The normalized spacial score (nSPS) is 23.8. The van der Waals surface area contributed by atoms with Crippen LogP contribution in [0.5, 0.6) is 0 Å². The number of carbonyl (C=O) groups is 2. The first-order valence-electron chi connectivity index (χ1n) is 5.81. The molecule has 6 heteroatoms. The van der Waals surface area contributed by atoms with Crippen molar-refractivity contribution in [1.29, 1.82) is 0 Å². The number of carbonyl (C=O) groups excluding carboxylic acids is 1. The molecule has 17 heavy (non-hydrogen) atoms. The van der Waals surface area contributed by atoms with E-state index in [1.807, 2.05) is 6.92 Å². The quantitative estimate of drug-likeness (QED) is 0.741. The minimum absolute atomic E-state index is 0.0420. The van der Waals surface area contributed by atoms with Gasteiger partial charge in [0.15, 0.2) is 0 Å². The molecule has 0 radical (unpaired) electrons. The summed E-state index contributed by atoms with van der Waals surface area (Å²) in [6.45, 7) is 2.78. The molecule has 0 saturated carbocycles. The van der Waals surface area contributed by atoms with Gasteiger partial charge in [-0.15, -0.1) is 0 Å². The number of hydrogen-bond donors (Lipinski definition) is 2. The van der Waals surface area contributed by atoms with E-state index in [9.17, 15) is 14.7 Å². The first-order chi connectivity index (χ1) is 7.97. The fourth-order valence-corrected chi connectivity index (χ4v) is 2.10. The molecule has 1 aliphatic heterocycles. The molecule has 0 aromatic heterocycles. The van der Waals surface area contributed by atoms with Gasteiger partial charge in [-0.1, -0.05) is 6.92 Å². The minimum atomic E-state index is -0.918. The summed E-state index contributed by atoms with van der Waals surface area (Å²) >= 11 is 0. The maximum atomic E-state index is 12.0. The molecule has 1 aliphatic rings. The lowest BCUT2D eigenvalue weighted by Crippen LogP contribution is -2.46. The van der Waals surface area contributed by atoms with E-state index in [0.717, 1.165) is 6.42 Å². The van der Waals surface area contributed by atoms with E-state index < -0.39 is 5.97 Å². The second-order valence-electron chi connectivity index (χ2n) is 4.56. The Morgan fingerprint density at radius 2 is 2.12 bits per heavy atom. The van der Waals surface area contributed by atoms with E-state index >= 15 is 0 Å². The van der Waals surface area contributed by atoms with Gasteiger partial charge in [0, 0.05) is 20.1 Å². The molecular formula is C11H20N2O4. The third-order valence-electron chi connectivity index (χ3n) is 3.30. The van der Waals surface area contributed by atoms with Gasteiger partial charge in [0.2, 0.25) is 0 Å². The summed E-state index contributed by atoms with van der Waals surface area (Å²) in [6.07, 6.45) is 0.819. The Kier molecular flexibility index (Phi) is 4.74. The van der Waals surface area contributed by atoms with Crippen molar-refractivity contribution in [3.63, 3.8) is 0 Å². The number of carboxylic acids is 1. The number of amides is 2. The van der Waals surface area contributed by atoms with Gasteiger partial charge in [-0.2, -0.15) is 0 Å². The Morgan fingerprint density at radius 1 is 1.47 bits per heavy atom. The lowest BCUT2D eigenvalue weighted by Gasteiger charge is -2.29. The lowest BCUT2D eigenvalue weighted by atomic mass is 10.0. The molecule has 1 heterocycles. The Labute approximate surface area is 101 Å². The summed E-state index contributed by atoms with van der Waals surface area (Å²) in [4.78, 5) is 25.5. The highest BCUT2D eigenvalue weighted by atomic mass is 16.4. The summed E-state index contributed by atoms with van der Waals surface area (Å²) in [6, 6.07) is -0.343. The third kappa shape index (κ3) is 3.33. The smallest absolute Gasteiger partial charge is 0.320 e. The van der Waals surface area contributed by atoms with Crippen LogP contribution in [0.15, 0.2) is 0 Å². The highest BCUT2D eigenvalue weighted by Crippen LogP contribution is 2.24. The van der Waals surface area contributed by atoms with Gasteiger partial charge >= 0.3 is 12.0 Å². The zero-order valence-corrected chi connectivity index (χ0v) is 10.3.